The largest absolute Gasteiger partial charge is 0.307 e. The minimum Gasteiger partial charge on any atom is -0.307 e. The summed E-state index contributed by atoms with van der Waals surface area (Å²) in [7, 11) is 0. The van der Waals surface area contributed by atoms with Crippen LogP contribution in [0.25, 0.3) is 0 Å². The average molecular weight is 491 g/mol. The minimum absolute atomic E-state index is 0.0322. The number of carbonyl (C=O) groups excluding carboxylic acids is 2. The van der Waals surface area contributed by atoms with Gasteiger partial charge in [-0.1, -0.05) is 114 Å². The van der Waals surface area contributed by atoms with E-state index < -0.39 is 22.2 Å². The lowest BCUT2D eigenvalue weighted by molar-refractivity contribution is -0.132. The Labute approximate surface area is 219 Å². The summed E-state index contributed by atoms with van der Waals surface area (Å²) < 4.78 is 0. The standard InChI is InChI=1S/C33H34N2O2/c1-30(2,3)24-18-16-23(17-19-24)27-32(21-34,28(36)31(4,5)6)33(27)25-14-10-11-15-26(25)35(29(33)37)20-22-12-8-7-9-13-22/h7-19,27H,20H2,1-6H3/t27-,32+,33-/m0/s1. The second-order valence-corrected chi connectivity index (χ2v) is 12.5. The second-order valence-electron chi connectivity index (χ2n) is 12.5. The maximum atomic E-state index is 14.6. The summed E-state index contributed by atoms with van der Waals surface area (Å²) in [4.78, 5) is 30.5. The van der Waals surface area contributed by atoms with Crippen molar-refractivity contribution in [1.29, 1.82) is 5.26 Å². The van der Waals surface area contributed by atoms with Crippen LogP contribution in [0, 0.1) is 22.2 Å². The van der Waals surface area contributed by atoms with Crippen molar-refractivity contribution in [2.75, 3.05) is 4.90 Å². The number of benzene rings is 3. The molecule has 0 N–H and O–H groups in total. The number of nitriles is 1. The maximum Gasteiger partial charge on any atom is 0.240 e. The van der Waals surface area contributed by atoms with Gasteiger partial charge in [-0.05, 0) is 33.7 Å². The predicted octanol–water partition coefficient (Wildman–Crippen LogP) is 6.69. The molecular weight excluding hydrogens is 456 g/mol. The molecule has 0 saturated heterocycles. The molecule has 3 aromatic carbocycles. The number of hydrogen-bond donors (Lipinski definition) is 0. The molecule has 4 heteroatoms. The molecule has 0 radical (unpaired) electrons. The third kappa shape index (κ3) is 3.40. The van der Waals surface area contributed by atoms with Gasteiger partial charge in [0.2, 0.25) is 5.91 Å². The quantitative estimate of drug-likeness (QED) is 0.409. The fourth-order valence-electron chi connectivity index (χ4n) is 6.32. The minimum atomic E-state index is -1.48. The van der Waals surface area contributed by atoms with E-state index in [0.717, 1.165) is 22.4 Å². The molecule has 1 spiro atoms. The van der Waals surface area contributed by atoms with E-state index in [4.69, 9.17) is 0 Å². The molecule has 5 rings (SSSR count). The molecule has 1 aliphatic heterocycles. The average Bonchev–Trinajstić information content (AvgIpc) is 3.43. The highest BCUT2D eigenvalue weighted by atomic mass is 16.2. The van der Waals surface area contributed by atoms with Crippen molar-refractivity contribution in [1.82, 2.24) is 0 Å². The lowest BCUT2D eigenvalue weighted by Crippen LogP contribution is -2.40. The van der Waals surface area contributed by atoms with E-state index in [-0.39, 0.29) is 17.1 Å². The Morgan fingerprint density at radius 3 is 2.05 bits per heavy atom. The molecule has 0 bridgehead atoms. The number of hydrogen-bond acceptors (Lipinski definition) is 3. The van der Waals surface area contributed by atoms with Crippen LogP contribution < -0.4 is 4.90 Å². The van der Waals surface area contributed by atoms with Gasteiger partial charge in [0, 0.05) is 17.0 Å². The van der Waals surface area contributed by atoms with Crippen molar-refractivity contribution < 1.29 is 9.59 Å². The van der Waals surface area contributed by atoms with Crippen molar-refractivity contribution >= 4 is 17.4 Å². The van der Waals surface area contributed by atoms with Gasteiger partial charge in [0.1, 0.15) is 10.8 Å². The molecule has 4 nitrogen and oxygen atoms in total. The van der Waals surface area contributed by atoms with Crippen LogP contribution in [-0.2, 0) is 27.0 Å². The van der Waals surface area contributed by atoms with Gasteiger partial charge in [-0.3, -0.25) is 9.59 Å². The summed E-state index contributed by atoms with van der Waals surface area (Å²) in [6.07, 6.45) is 0. The van der Waals surface area contributed by atoms with Crippen molar-refractivity contribution in [2.45, 2.75) is 64.8 Å². The lowest BCUT2D eigenvalue weighted by Gasteiger charge is -2.23. The molecular formula is C33H34N2O2. The fraction of sp³-hybridized carbons (Fsp3) is 0.364. The Kier molecular flexibility index (Phi) is 5.50. The zero-order valence-corrected chi connectivity index (χ0v) is 22.5. The highest BCUT2D eigenvalue weighted by Gasteiger charge is 2.88. The molecule has 1 heterocycles. The number of amides is 1. The van der Waals surface area contributed by atoms with Crippen LogP contribution in [0.1, 0.15) is 69.7 Å². The molecule has 0 unspecified atom stereocenters. The van der Waals surface area contributed by atoms with Gasteiger partial charge in [-0.15, -0.1) is 0 Å². The molecule has 2 aliphatic rings. The zero-order chi connectivity index (χ0) is 26.8. The van der Waals surface area contributed by atoms with Crippen molar-refractivity contribution in [2.24, 2.45) is 10.8 Å². The van der Waals surface area contributed by atoms with Gasteiger partial charge in [-0.2, -0.15) is 5.26 Å². The molecule has 1 fully saturated rings. The molecule has 188 valence electrons. The van der Waals surface area contributed by atoms with Gasteiger partial charge in [0.05, 0.1) is 12.6 Å². The molecule has 1 aliphatic carbocycles. The topological polar surface area (TPSA) is 61.2 Å². The first kappa shape index (κ1) is 25.0. The Balaban J connectivity index is 1.72. The van der Waals surface area contributed by atoms with E-state index in [2.05, 4.69) is 39.0 Å². The first-order chi connectivity index (χ1) is 17.4. The van der Waals surface area contributed by atoms with Gasteiger partial charge in [-0.25, -0.2) is 0 Å². The van der Waals surface area contributed by atoms with E-state index in [1.165, 1.54) is 5.56 Å². The van der Waals surface area contributed by atoms with Crippen molar-refractivity contribution in [3.63, 3.8) is 0 Å². The highest BCUT2D eigenvalue weighted by molar-refractivity contribution is 6.19. The SMILES string of the molecule is CC(C)(C)C(=O)[C@@]1(C#N)[C@H](c2ccc(C(C)(C)C)cc2)[C@@]12C(=O)N(Cc1ccccc1)c1ccccc12. The molecule has 3 aromatic rings. The monoisotopic (exact) mass is 490 g/mol. The fourth-order valence-corrected chi connectivity index (χ4v) is 6.32. The van der Waals surface area contributed by atoms with Gasteiger partial charge in [0.15, 0.2) is 5.78 Å². The van der Waals surface area contributed by atoms with E-state index in [0.29, 0.717) is 6.54 Å². The molecule has 1 amide bonds. The van der Waals surface area contributed by atoms with Crippen LogP contribution in [0.4, 0.5) is 5.69 Å². The van der Waals surface area contributed by atoms with Crippen LogP contribution >= 0.6 is 0 Å². The third-order valence-corrected chi connectivity index (χ3v) is 8.12. The second kappa shape index (κ2) is 8.15. The van der Waals surface area contributed by atoms with Crippen LogP contribution in [-0.4, -0.2) is 11.7 Å². The third-order valence-electron chi connectivity index (χ3n) is 8.12. The van der Waals surface area contributed by atoms with E-state index in [9.17, 15) is 14.9 Å². The number of nitrogens with zero attached hydrogens (tertiary/aromatic N) is 2. The summed E-state index contributed by atoms with van der Waals surface area (Å²) in [6.45, 7) is 12.4. The summed E-state index contributed by atoms with van der Waals surface area (Å²) in [6, 6.07) is 28.1. The van der Waals surface area contributed by atoms with Crippen LogP contribution in [0.3, 0.4) is 0 Å². The first-order valence-corrected chi connectivity index (χ1v) is 12.9. The predicted molar refractivity (Wildman–Crippen MR) is 146 cm³/mol. The smallest absolute Gasteiger partial charge is 0.240 e. The number of para-hydroxylation sites is 1. The van der Waals surface area contributed by atoms with E-state index in [1.54, 1.807) is 4.90 Å². The summed E-state index contributed by atoms with van der Waals surface area (Å²) >= 11 is 0. The number of fused-ring (bicyclic) bond motifs is 2. The van der Waals surface area contributed by atoms with Gasteiger partial charge < -0.3 is 4.90 Å². The zero-order valence-electron chi connectivity index (χ0n) is 22.5. The number of rotatable bonds is 4. The number of carbonyl (C=O) groups is 2. The van der Waals surface area contributed by atoms with Crippen molar-refractivity contribution in [3.8, 4) is 6.07 Å². The summed E-state index contributed by atoms with van der Waals surface area (Å²) in [5, 5.41) is 10.8. The van der Waals surface area contributed by atoms with Gasteiger partial charge in [0.25, 0.3) is 0 Å². The highest BCUT2D eigenvalue weighted by Crippen LogP contribution is 2.79. The lowest BCUT2D eigenvalue weighted by atomic mass is 9.75. The maximum absolute atomic E-state index is 14.6. The summed E-state index contributed by atoms with van der Waals surface area (Å²) in [5.41, 5.74) is 1.04. The molecule has 1 saturated carbocycles. The van der Waals surface area contributed by atoms with Crippen molar-refractivity contribution in [3.05, 3.63) is 101 Å². The van der Waals surface area contributed by atoms with E-state index >= 15 is 0 Å². The molecule has 3 atom stereocenters. The Morgan fingerprint density at radius 1 is 0.892 bits per heavy atom. The Morgan fingerprint density at radius 2 is 1.49 bits per heavy atom. The van der Waals surface area contributed by atoms with Crippen LogP contribution in [0.5, 0.6) is 0 Å². The van der Waals surface area contributed by atoms with E-state index in [1.807, 2.05) is 87.5 Å². The normalized spacial score (nSPS) is 24.6. The van der Waals surface area contributed by atoms with Crippen LogP contribution in [0.15, 0.2) is 78.9 Å². The number of Topliss-reactive ketones (excluding diaryl/α,β-unsaturated/α-hetero) is 1. The number of ketones is 1. The van der Waals surface area contributed by atoms with Crippen LogP contribution in [0.2, 0.25) is 0 Å². The number of anilines is 1. The molecule has 37 heavy (non-hydrogen) atoms. The Hall–Kier alpha value is -3.71. The molecule has 0 aromatic heterocycles. The summed E-state index contributed by atoms with van der Waals surface area (Å²) in [5.74, 6) is -0.904. The first-order valence-electron chi connectivity index (χ1n) is 12.9. The van der Waals surface area contributed by atoms with Gasteiger partial charge >= 0.3 is 0 Å². The Bertz CT molecular complexity index is 1420.